The molecule has 3 nitrogen and oxygen atoms in total. The first-order chi connectivity index (χ1) is 9.12. The van der Waals surface area contributed by atoms with Crippen molar-refractivity contribution in [3.8, 4) is 0 Å². The first-order valence-electron chi connectivity index (χ1n) is 6.91. The van der Waals surface area contributed by atoms with Gasteiger partial charge in [0.25, 0.3) is 0 Å². The number of nitrogens with zero attached hydrogens (tertiary/aromatic N) is 1. The summed E-state index contributed by atoms with van der Waals surface area (Å²) >= 11 is 6.33. The van der Waals surface area contributed by atoms with Gasteiger partial charge in [-0.3, -0.25) is 5.10 Å². The Morgan fingerprint density at radius 1 is 1.32 bits per heavy atom. The van der Waals surface area contributed by atoms with Gasteiger partial charge in [0, 0.05) is 16.0 Å². The number of benzene rings is 1. The molecule has 2 aromatic rings. The van der Waals surface area contributed by atoms with Crippen molar-refractivity contribution in [3.63, 3.8) is 0 Å². The molecule has 1 saturated carbocycles. The summed E-state index contributed by atoms with van der Waals surface area (Å²) in [6.07, 6.45) is 6.97. The average molecular weight is 279 g/mol. The molecule has 0 bridgehead atoms. The van der Waals surface area contributed by atoms with Crippen LogP contribution in [-0.2, 0) is 0 Å². The summed E-state index contributed by atoms with van der Waals surface area (Å²) in [5.41, 5.74) is 1.59. The maximum Gasteiger partial charge on any atom is 0.0879 e. The van der Waals surface area contributed by atoms with Crippen LogP contribution in [0, 0.1) is 5.41 Å². The van der Waals surface area contributed by atoms with E-state index in [2.05, 4.69) is 17.1 Å². The van der Waals surface area contributed by atoms with Crippen molar-refractivity contribution in [3.05, 3.63) is 28.9 Å². The highest BCUT2D eigenvalue weighted by atomic mass is 35.5. The summed E-state index contributed by atoms with van der Waals surface area (Å²) in [6, 6.07) is 3.78. The average Bonchev–Trinajstić information content (AvgIpc) is 2.87. The van der Waals surface area contributed by atoms with Gasteiger partial charge in [-0.1, -0.05) is 37.8 Å². The van der Waals surface area contributed by atoms with Crippen LogP contribution in [0.5, 0.6) is 0 Å². The number of fused-ring (bicyclic) bond motifs is 1. The first-order valence-corrected chi connectivity index (χ1v) is 7.29. The van der Waals surface area contributed by atoms with Crippen LogP contribution in [0.1, 0.15) is 50.7 Å². The van der Waals surface area contributed by atoms with E-state index < -0.39 is 6.10 Å². The second kappa shape index (κ2) is 4.80. The number of aliphatic hydroxyl groups excluding tert-OH is 1. The summed E-state index contributed by atoms with van der Waals surface area (Å²) in [6.45, 7) is 2.17. The number of aromatic nitrogens is 2. The first kappa shape index (κ1) is 12.9. The molecule has 1 fully saturated rings. The van der Waals surface area contributed by atoms with Crippen LogP contribution >= 0.6 is 11.6 Å². The molecule has 1 aromatic heterocycles. The minimum atomic E-state index is -0.538. The van der Waals surface area contributed by atoms with Crippen molar-refractivity contribution < 1.29 is 5.11 Å². The van der Waals surface area contributed by atoms with E-state index in [1.54, 1.807) is 6.20 Å². The molecule has 4 heteroatoms. The van der Waals surface area contributed by atoms with Crippen LogP contribution in [0.4, 0.5) is 0 Å². The molecule has 0 spiro atoms. The molecule has 0 aliphatic heterocycles. The molecule has 2 N–H and O–H groups in total. The van der Waals surface area contributed by atoms with Gasteiger partial charge in [-0.2, -0.15) is 5.10 Å². The molecule has 1 heterocycles. The molecule has 0 radical (unpaired) electrons. The molecule has 102 valence electrons. The molecule has 1 aromatic carbocycles. The molecule has 19 heavy (non-hydrogen) atoms. The van der Waals surface area contributed by atoms with Crippen molar-refractivity contribution in [2.24, 2.45) is 5.41 Å². The highest BCUT2D eigenvalue weighted by Crippen LogP contribution is 2.48. The third-order valence-electron chi connectivity index (χ3n) is 4.53. The minimum Gasteiger partial charge on any atom is -0.388 e. The highest BCUT2D eigenvalue weighted by Gasteiger charge is 2.37. The maximum absolute atomic E-state index is 10.9. The number of aromatic amines is 1. The predicted molar refractivity (Wildman–Crippen MR) is 77.3 cm³/mol. The quantitative estimate of drug-likeness (QED) is 0.864. The van der Waals surface area contributed by atoms with E-state index >= 15 is 0 Å². The lowest BCUT2D eigenvalue weighted by atomic mass is 9.70. The Morgan fingerprint density at radius 2 is 2.05 bits per heavy atom. The number of aliphatic hydroxyl groups is 1. The summed E-state index contributed by atoms with van der Waals surface area (Å²) in [7, 11) is 0. The predicted octanol–water partition coefficient (Wildman–Crippen LogP) is 4.22. The number of rotatable bonds is 2. The van der Waals surface area contributed by atoms with Gasteiger partial charge in [0.15, 0.2) is 0 Å². The maximum atomic E-state index is 10.9. The lowest BCUT2D eigenvalue weighted by molar-refractivity contribution is 0.00914. The lowest BCUT2D eigenvalue weighted by Crippen LogP contribution is -2.28. The fraction of sp³-hybridized carbons (Fsp3) is 0.533. The van der Waals surface area contributed by atoms with Gasteiger partial charge in [0.1, 0.15) is 0 Å². The van der Waals surface area contributed by atoms with Crippen LogP contribution in [-0.4, -0.2) is 15.3 Å². The van der Waals surface area contributed by atoms with E-state index in [4.69, 9.17) is 11.6 Å². The molecule has 1 atom stereocenters. The molecule has 0 amide bonds. The second-order valence-corrected chi connectivity index (χ2v) is 6.32. The van der Waals surface area contributed by atoms with E-state index in [1.807, 2.05) is 12.1 Å². The van der Waals surface area contributed by atoms with Gasteiger partial charge < -0.3 is 5.11 Å². The number of hydrogen-bond acceptors (Lipinski definition) is 2. The SMILES string of the molecule is CC1(C(O)c2c(Cl)ccc3cn[nH]c23)CCCCC1. The van der Waals surface area contributed by atoms with E-state index in [-0.39, 0.29) is 5.41 Å². The molecule has 1 aliphatic rings. The Morgan fingerprint density at radius 3 is 2.79 bits per heavy atom. The molecular formula is C15H19ClN2O. The molecule has 1 unspecified atom stereocenters. The molecule has 0 saturated heterocycles. The standard InChI is InChI=1S/C15H19ClN2O/c1-15(7-3-2-4-8-15)14(19)12-11(16)6-5-10-9-17-18-13(10)12/h5-6,9,14,19H,2-4,7-8H2,1H3,(H,17,18). The largest absolute Gasteiger partial charge is 0.388 e. The van der Waals surface area contributed by atoms with Gasteiger partial charge in [-0.15, -0.1) is 0 Å². The molecule has 1 aliphatic carbocycles. The fourth-order valence-corrected chi connectivity index (χ4v) is 3.52. The Kier molecular flexibility index (Phi) is 3.27. The third kappa shape index (κ3) is 2.15. The lowest BCUT2D eigenvalue weighted by Gasteiger charge is -2.38. The number of H-pyrrole nitrogens is 1. The third-order valence-corrected chi connectivity index (χ3v) is 4.86. The fourth-order valence-electron chi connectivity index (χ4n) is 3.26. The Hall–Kier alpha value is -1.06. The monoisotopic (exact) mass is 278 g/mol. The zero-order valence-electron chi connectivity index (χ0n) is 11.1. The van der Waals surface area contributed by atoms with Crippen LogP contribution < -0.4 is 0 Å². The number of halogens is 1. The molecular weight excluding hydrogens is 260 g/mol. The minimum absolute atomic E-state index is 0.0821. The van der Waals surface area contributed by atoms with Crippen molar-refractivity contribution >= 4 is 22.5 Å². The van der Waals surface area contributed by atoms with Gasteiger partial charge in [-0.05, 0) is 30.4 Å². The van der Waals surface area contributed by atoms with E-state index in [0.717, 1.165) is 29.3 Å². The van der Waals surface area contributed by atoms with Gasteiger partial charge in [-0.25, -0.2) is 0 Å². The van der Waals surface area contributed by atoms with Gasteiger partial charge in [0.2, 0.25) is 0 Å². The molecule has 3 rings (SSSR count). The number of hydrogen-bond donors (Lipinski definition) is 2. The topological polar surface area (TPSA) is 48.9 Å². The van der Waals surface area contributed by atoms with Crippen LogP contribution in [0.2, 0.25) is 5.02 Å². The van der Waals surface area contributed by atoms with E-state index in [0.29, 0.717) is 5.02 Å². The zero-order valence-corrected chi connectivity index (χ0v) is 11.9. The van der Waals surface area contributed by atoms with E-state index in [1.165, 1.54) is 19.3 Å². The van der Waals surface area contributed by atoms with Crippen molar-refractivity contribution in [1.29, 1.82) is 0 Å². The van der Waals surface area contributed by atoms with Crippen molar-refractivity contribution in [2.45, 2.75) is 45.1 Å². The summed E-state index contributed by atoms with van der Waals surface area (Å²) in [5.74, 6) is 0. The summed E-state index contributed by atoms with van der Waals surface area (Å²) in [5, 5.41) is 19.5. The normalized spacial score (nSPS) is 20.6. The van der Waals surface area contributed by atoms with E-state index in [9.17, 15) is 5.11 Å². The van der Waals surface area contributed by atoms with Gasteiger partial charge >= 0.3 is 0 Å². The smallest absolute Gasteiger partial charge is 0.0879 e. The highest BCUT2D eigenvalue weighted by molar-refractivity contribution is 6.32. The van der Waals surface area contributed by atoms with Crippen molar-refractivity contribution in [2.75, 3.05) is 0 Å². The van der Waals surface area contributed by atoms with Crippen LogP contribution in [0.15, 0.2) is 18.3 Å². The van der Waals surface area contributed by atoms with Crippen molar-refractivity contribution in [1.82, 2.24) is 10.2 Å². The van der Waals surface area contributed by atoms with Crippen LogP contribution in [0.25, 0.3) is 10.9 Å². The number of nitrogens with one attached hydrogen (secondary N) is 1. The van der Waals surface area contributed by atoms with Crippen LogP contribution in [0.3, 0.4) is 0 Å². The second-order valence-electron chi connectivity index (χ2n) is 5.91. The zero-order chi connectivity index (χ0) is 13.5. The Labute approximate surface area is 118 Å². The van der Waals surface area contributed by atoms with Gasteiger partial charge in [0.05, 0.1) is 17.8 Å². The summed E-state index contributed by atoms with van der Waals surface area (Å²) < 4.78 is 0. The Bertz CT molecular complexity index is 587. The summed E-state index contributed by atoms with van der Waals surface area (Å²) in [4.78, 5) is 0. The Balaban J connectivity index is 2.07.